The molecule has 0 amide bonds. The lowest BCUT2D eigenvalue weighted by Gasteiger charge is -2.09. The Morgan fingerprint density at radius 3 is 2.88 bits per heavy atom. The van der Waals surface area contributed by atoms with E-state index in [2.05, 4.69) is 0 Å². The molecule has 0 bridgehead atoms. The summed E-state index contributed by atoms with van der Waals surface area (Å²) < 4.78 is 25.3. The number of benzene rings is 1. The van der Waals surface area contributed by atoms with Crippen molar-refractivity contribution in [2.24, 2.45) is 5.73 Å². The monoisotopic (exact) mass is 240 g/mol. The van der Waals surface area contributed by atoms with Crippen LogP contribution in [0.4, 0.5) is 4.39 Å². The number of nitrogens with two attached hydrogens (primary N) is 1. The van der Waals surface area contributed by atoms with E-state index in [4.69, 9.17) is 11.0 Å². The van der Waals surface area contributed by atoms with E-state index in [9.17, 15) is 8.60 Å². The van der Waals surface area contributed by atoms with Crippen LogP contribution in [0.5, 0.6) is 0 Å². The van der Waals surface area contributed by atoms with Gasteiger partial charge in [-0.2, -0.15) is 5.26 Å². The van der Waals surface area contributed by atoms with Crippen molar-refractivity contribution in [3.05, 3.63) is 35.1 Å². The Labute approximate surface area is 96.5 Å². The Hall–Kier alpha value is -1.25. The third-order valence-corrected chi connectivity index (χ3v) is 3.96. The van der Waals surface area contributed by atoms with E-state index in [1.807, 2.05) is 0 Å². The molecule has 0 spiro atoms. The zero-order valence-corrected chi connectivity index (χ0v) is 9.76. The van der Waals surface area contributed by atoms with Crippen LogP contribution in [-0.4, -0.2) is 16.0 Å². The van der Waals surface area contributed by atoms with E-state index in [1.54, 1.807) is 19.1 Å². The maximum atomic E-state index is 13.6. The van der Waals surface area contributed by atoms with E-state index in [1.165, 1.54) is 12.1 Å². The molecule has 0 aliphatic heterocycles. The normalized spacial score (nSPS) is 14.1. The second-order valence-electron chi connectivity index (χ2n) is 3.46. The zero-order chi connectivity index (χ0) is 12.1. The highest BCUT2D eigenvalue weighted by atomic mass is 32.2. The smallest absolute Gasteiger partial charge is 0.145 e. The van der Waals surface area contributed by atoms with E-state index < -0.39 is 16.6 Å². The van der Waals surface area contributed by atoms with Crippen LogP contribution in [-0.2, 0) is 16.6 Å². The largest absolute Gasteiger partial charge is 0.329 e. The van der Waals surface area contributed by atoms with Crippen molar-refractivity contribution in [3.8, 4) is 6.07 Å². The molecule has 86 valence electrons. The summed E-state index contributed by atoms with van der Waals surface area (Å²) >= 11 is 0. The molecule has 1 aromatic rings. The molecule has 0 aliphatic carbocycles. The minimum Gasteiger partial charge on any atom is -0.329 e. The number of halogens is 1. The number of rotatable bonds is 4. The predicted molar refractivity (Wildman–Crippen MR) is 61.5 cm³/mol. The van der Waals surface area contributed by atoms with Gasteiger partial charge in [0.2, 0.25) is 0 Å². The minimum atomic E-state index is -1.21. The molecule has 0 fully saturated rings. The lowest BCUT2D eigenvalue weighted by molar-refractivity contribution is 0.611. The molecule has 0 saturated carbocycles. The fourth-order valence-electron chi connectivity index (χ4n) is 1.18. The molecule has 16 heavy (non-hydrogen) atoms. The second kappa shape index (κ2) is 5.73. The fourth-order valence-corrected chi connectivity index (χ4v) is 2.21. The first-order valence-corrected chi connectivity index (χ1v) is 6.23. The summed E-state index contributed by atoms with van der Waals surface area (Å²) in [6, 6.07) is 6.27. The van der Waals surface area contributed by atoms with Crippen LogP contribution in [0.2, 0.25) is 0 Å². The SMILES string of the molecule is CC(CN)S(=O)Cc1cccc(C#N)c1F. The third-order valence-electron chi connectivity index (χ3n) is 2.28. The topological polar surface area (TPSA) is 66.9 Å². The molecule has 2 N–H and O–H groups in total. The summed E-state index contributed by atoms with van der Waals surface area (Å²) in [5.74, 6) is -0.484. The second-order valence-corrected chi connectivity index (χ2v) is 5.32. The van der Waals surface area contributed by atoms with Crippen molar-refractivity contribution < 1.29 is 8.60 Å². The highest BCUT2D eigenvalue weighted by Crippen LogP contribution is 2.15. The molecular formula is C11H13FN2OS. The summed E-state index contributed by atoms with van der Waals surface area (Å²) in [5, 5.41) is 8.47. The first-order valence-electron chi connectivity index (χ1n) is 4.85. The van der Waals surface area contributed by atoms with Gasteiger partial charge in [-0.05, 0) is 13.0 Å². The van der Waals surface area contributed by atoms with Gasteiger partial charge in [-0.25, -0.2) is 4.39 Å². The highest BCUT2D eigenvalue weighted by Gasteiger charge is 2.14. The molecule has 0 aromatic heterocycles. The van der Waals surface area contributed by atoms with Gasteiger partial charge < -0.3 is 5.73 Å². The molecule has 1 aromatic carbocycles. The Bertz CT molecular complexity index is 442. The Balaban J connectivity index is 2.91. The number of nitrogens with zero attached hydrogens (tertiary/aromatic N) is 1. The average Bonchev–Trinajstić information content (AvgIpc) is 2.30. The first-order chi connectivity index (χ1) is 7.60. The van der Waals surface area contributed by atoms with Crippen molar-refractivity contribution in [1.29, 1.82) is 5.26 Å². The van der Waals surface area contributed by atoms with Crippen LogP contribution in [0.25, 0.3) is 0 Å². The van der Waals surface area contributed by atoms with Crippen molar-refractivity contribution in [2.45, 2.75) is 17.9 Å². The summed E-state index contributed by atoms with van der Waals surface area (Å²) in [4.78, 5) is 0. The lowest BCUT2D eigenvalue weighted by atomic mass is 10.1. The van der Waals surface area contributed by atoms with E-state index in [0.29, 0.717) is 12.1 Å². The quantitative estimate of drug-likeness (QED) is 0.862. The molecule has 5 heteroatoms. The molecule has 0 radical (unpaired) electrons. The summed E-state index contributed by atoms with van der Waals surface area (Å²) in [5.41, 5.74) is 5.67. The van der Waals surface area contributed by atoms with Gasteiger partial charge in [0, 0.05) is 28.2 Å². The standard InChI is InChI=1S/C11H13FN2OS/c1-8(5-13)16(15)7-10-4-2-3-9(6-14)11(10)12/h2-4,8H,5,7,13H2,1H3. The molecule has 0 heterocycles. The minimum absolute atomic E-state index is 0.0186. The van der Waals surface area contributed by atoms with Crippen molar-refractivity contribution in [2.75, 3.05) is 6.54 Å². The summed E-state index contributed by atoms with van der Waals surface area (Å²) in [6.45, 7) is 2.05. The summed E-state index contributed by atoms with van der Waals surface area (Å²) in [6.07, 6.45) is 0. The van der Waals surface area contributed by atoms with Crippen molar-refractivity contribution in [3.63, 3.8) is 0 Å². The number of hydrogen-bond donors (Lipinski definition) is 1. The number of hydrogen-bond acceptors (Lipinski definition) is 3. The molecule has 3 nitrogen and oxygen atoms in total. The number of nitriles is 1. The van der Waals surface area contributed by atoms with Crippen LogP contribution in [0.15, 0.2) is 18.2 Å². The van der Waals surface area contributed by atoms with Gasteiger partial charge in [0.1, 0.15) is 11.9 Å². The Kier molecular flexibility index (Phi) is 4.59. The van der Waals surface area contributed by atoms with Gasteiger partial charge in [-0.3, -0.25) is 4.21 Å². The van der Waals surface area contributed by atoms with Gasteiger partial charge in [-0.15, -0.1) is 0 Å². The van der Waals surface area contributed by atoms with Gasteiger partial charge in [0.05, 0.1) is 11.3 Å². The zero-order valence-electron chi connectivity index (χ0n) is 8.94. The predicted octanol–water partition coefficient (Wildman–Crippen LogP) is 1.29. The van der Waals surface area contributed by atoms with Crippen LogP contribution in [0, 0.1) is 17.1 Å². The molecule has 1 rings (SSSR count). The Morgan fingerprint density at radius 1 is 1.62 bits per heavy atom. The maximum Gasteiger partial charge on any atom is 0.145 e. The molecule has 0 aliphatic rings. The third kappa shape index (κ3) is 2.87. The van der Waals surface area contributed by atoms with Gasteiger partial charge in [0.15, 0.2) is 0 Å². The van der Waals surface area contributed by atoms with Crippen molar-refractivity contribution in [1.82, 2.24) is 0 Å². The van der Waals surface area contributed by atoms with E-state index >= 15 is 0 Å². The molecule has 2 atom stereocenters. The van der Waals surface area contributed by atoms with Crippen LogP contribution in [0.3, 0.4) is 0 Å². The van der Waals surface area contributed by atoms with E-state index in [0.717, 1.165) is 0 Å². The highest BCUT2D eigenvalue weighted by molar-refractivity contribution is 7.84. The lowest BCUT2D eigenvalue weighted by Crippen LogP contribution is -2.23. The Morgan fingerprint density at radius 2 is 2.31 bits per heavy atom. The summed E-state index contributed by atoms with van der Waals surface area (Å²) in [7, 11) is -1.21. The first kappa shape index (κ1) is 12.8. The van der Waals surface area contributed by atoms with Crippen LogP contribution >= 0.6 is 0 Å². The van der Waals surface area contributed by atoms with Crippen LogP contribution < -0.4 is 5.73 Å². The van der Waals surface area contributed by atoms with Gasteiger partial charge >= 0.3 is 0 Å². The maximum absolute atomic E-state index is 13.6. The molecule has 2 unspecified atom stereocenters. The van der Waals surface area contributed by atoms with E-state index in [-0.39, 0.29) is 16.6 Å². The molecule has 0 saturated heterocycles. The van der Waals surface area contributed by atoms with Gasteiger partial charge in [0.25, 0.3) is 0 Å². The average molecular weight is 240 g/mol. The fraction of sp³-hybridized carbons (Fsp3) is 0.364. The van der Waals surface area contributed by atoms with Crippen LogP contribution in [0.1, 0.15) is 18.1 Å². The van der Waals surface area contributed by atoms with Crippen molar-refractivity contribution >= 4 is 10.8 Å². The van der Waals surface area contributed by atoms with Gasteiger partial charge in [-0.1, -0.05) is 12.1 Å². The molecular weight excluding hydrogens is 227 g/mol.